The molecule has 1 aliphatic heterocycles. The molecule has 5 atom stereocenters. The fraction of sp³-hybridized carbons (Fsp3) is 0.310. The van der Waals surface area contributed by atoms with Gasteiger partial charge < -0.3 is 35.0 Å². The van der Waals surface area contributed by atoms with E-state index in [1.54, 1.807) is 24.4 Å². The highest BCUT2D eigenvalue weighted by molar-refractivity contribution is 6.09. The molecule has 0 aliphatic carbocycles. The third-order valence-electron chi connectivity index (χ3n) is 7.40. The number of amides is 1. The molecule has 1 aromatic heterocycles. The van der Waals surface area contributed by atoms with Crippen LogP contribution in [0.15, 0.2) is 66.9 Å². The largest absolute Gasteiger partial charge is 0.394 e. The van der Waals surface area contributed by atoms with Crippen LogP contribution < -0.4 is 5.32 Å². The van der Waals surface area contributed by atoms with Crippen LogP contribution in [0.2, 0.25) is 0 Å². The first kappa shape index (κ1) is 26.0. The van der Waals surface area contributed by atoms with E-state index in [4.69, 9.17) is 4.74 Å². The molecule has 5 N–H and O–H groups in total. The van der Waals surface area contributed by atoms with Gasteiger partial charge in [-0.05, 0) is 42.3 Å². The number of aromatic nitrogens is 1. The summed E-state index contributed by atoms with van der Waals surface area (Å²) in [5, 5.41) is 46.4. The fourth-order valence-electron chi connectivity index (χ4n) is 5.05. The first-order valence-electron chi connectivity index (χ1n) is 12.4. The molecule has 198 valence electrons. The Kier molecular flexibility index (Phi) is 6.81. The number of ketones is 1. The van der Waals surface area contributed by atoms with Crippen molar-refractivity contribution in [2.24, 2.45) is 0 Å². The minimum Gasteiger partial charge on any atom is -0.394 e. The number of carbonyl (C=O) groups is 2. The van der Waals surface area contributed by atoms with E-state index in [1.165, 1.54) is 13.8 Å². The van der Waals surface area contributed by atoms with Crippen LogP contribution in [0.1, 0.15) is 40.1 Å². The zero-order chi connectivity index (χ0) is 27.2. The van der Waals surface area contributed by atoms with Gasteiger partial charge in [0.05, 0.1) is 12.2 Å². The van der Waals surface area contributed by atoms with Crippen molar-refractivity contribution < 1.29 is 34.8 Å². The molecule has 9 nitrogen and oxygen atoms in total. The number of hydrogen-bond donors (Lipinski definition) is 5. The summed E-state index contributed by atoms with van der Waals surface area (Å²) in [7, 11) is 0. The molecule has 3 aromatic carbocycles. The number of nitrogens with one attached hydrogen (secondary N) is 1. The van der Waals surface area contributed by atoms with Gasteiger partial charge in [-0.3, -0.25) is 9.59 Å². The quantitative estimate of drug-likeness (QED) is 0.246. The van der Waals surface area contributed by atoms with E-state index in [9.17, 15) is 30.0 Å². The SMILES string of the molecule is CC(=O)c1ccc2c(C(=O)N[C@@]3(C)C(O)O[C@H](CO)[C@@H](O)[C@@H]3O)cn(Cc3ccc4ccccc4c3)c2c1. The molecule has 1 aliphatic rings. The maximum Gasteiger partial charge on any atom is 0.254 e. The molecule has 5 rings (SSSR count). The third-order valence-corrected chi connectivity index (χ3v) is 7.40. The lowest BCUT2D eigenvalue weighted by molar-refractivity contribution is -0.278. The monoisotopic (exact) mass is 518 g/mol. The molecule has 2 heterocycles. The summed E-state index contributed by atoms with van der Waals surface area (Å²) in [6.45, 7) is 2.65. The Morgan fingerprint density at radius 2 is 1.76 bits per heavy atom. The molecule has 1 fully saturated rings. The van der Waals surface area contributed by atoms with Crippen LogP contribution >= 0.6 is 0 Å². The maximum absolute atomic E-state index is 13.5. The van der Waals surface area contributed by atoms with Crippen LogP contribution in [-0.2, 0) is 11.3 Å². The Balaban J connectivity index is 1.53. The summed E-state index contributed by atoms with van der Waals surface area (Å²) < 4.78 is 7.14. The number of nitrogens with zero attached hydrogens (tertiary/aromatic N) is 1. The van der Waals surface area contributed by atoms with E-state index in [0.29, 0.717) is 23.0 Å². The lowest BCUT2D eigenvalue weighted by Gasteiger charge is -2.47. The molecule has 4 aromatic rings. The Morgan fingerprint density at radius 1 is 1.03 bits per heavy atom. The van der Waals surface area contributed by atoms with Crippen molar-refractivity contribution >= 4 is 33.4 Å². The molecule has 9 heteroatoms. The predicted molar refractivity (Wildman–Crippen MR) is 141 cm³/mol. The highest BCUT2D eigenvalue weighted by Gasteiger charge is 2.53. The summed E-state index contributed by atoms with van der Waals surface area (Å²) in [5.41, 5.74) is 0.670. The highest BCUT2D eigenvalue weighted by atomic mass is 16.6. The molecule has 0 bridgehead atoms. The zero-order valence-corrected chi connectivity index (χ0v) is 21.0. The van der Waals surface area contributed by atoms with E-state index >= 15 is 0 Å². The molecule has 0 radical (unpaired) electrons. The molecule has 1 unspecified atom stereocenters. The minimum atomic E-state index is -1.76. The van der Waals surface area contributed by atoms with Crippen molar-refractivity contribution in [1.29, 1.82) is 0 Å². The minimum absolute atomic E-state index is 0.109. The Labute approximate surface area is 218 Å². The van der Waals surface area contributed by atoms with Crippen molar-refractivity contribution in [3.63, 3.8) is 0 Å². The van der Waals surface area contributed by atoms with Crippen LogP contribution in [0.4, 0.5) is 0 Å². The van der Waals surface area contributed by atoms with Crippen LogP contribution in [0.25, 0.3) is 21.7 Å². The summed E-state index contributed by atoms with van der Waals surface area (Å²) in [5.74, 6) is -0.719. The van der Waals surface area contributed by atoms with Gasteiger partial charge in [0.15, 0.2) is 12.1 Å². The molecular formula is C29H30N2O7. The van der Waals surface area contributed by atoms with Crippen LogP contribution in [0.3, 0.4) is 0 Å². The van der Waals surface area contributed by atoms with Gasteiger partial charge in [-0.1, -0.05) is 48.5 Å². The van der Waals surface area contributed by atoms with E-state index < -0.39 is 42.7 Å². The second-order valence-electron chi connectivity index (χ2n) is 10.0. The molecular weight excluding hydrogens is 488 g/mol. The predicted octanol–water partition coefficient (Wildman–Crippen LogP) is 1.97. The lowest BCUT2D eigenvalue weighted by atomic mass is 9.84. The first-order chi connectivity index (χ1) is 18.1. The van der Waals surface area contributed by atoms with Crippen LogP contribution in [0.5, 0.6) is 0 Å². The summed E-state index contributed by atoms with van der Waals surface area (Å²) in [6, 6.07) is 19.2. The topological polar surface area (TPSA) is 141 Å². The highest BCUT2D eigenvalue weighted by Crippen LogP contribution is 2.31. The van der Waals surface area contributed by atoms with Crippen molar-refractivity contribution in [1.82, 2.24) is 9.88 Å². The molecule has 1 amide bonds. The Morgan fingerprint density at radius 3 is 2.47 bits per heavy atom. The van der Waals surface area contributed by atoms with Crippen molar-refractivity contribution in [3.8, 4) is 0 Å². The number of fused-ring (bicyclic) bond motifs is 2. The van der Waals surface area contributed by atoms with Gasteiger partial charge in [0.25, 0.3) is 5.91 Å². The van der Waals surface area contributed by atoms with Gasteiger partial charge in [0.2, 0.25) is 0 Å². The molecule has 38 heavy (non-hydrogen) atoms. The Hall–Kier alpha value is -3.60. The van der Waals surface area contributed by atoms with Crippen LogP contribution in [-0.4, -0.2) is 73.4 Å². The second kappa shape index (κ2) is 9.94. The Bertz CT molecular complexity index is 1530. The number of aliphatic hydroxyl groups is 4. The summed E-state index contributed by atoms with van der Waals surface area (Å²) in [4.78, 5) is 25.6. The molecule has 0 saturated carbocycles. The zero-order valence-electron chi connectivity index (χ0n) is 21.0. The lowest BCUT2D eigenvalue weighted by Crippen LogP contribution is -2.71. The van der Waals surface area contributed by atoms with Crippen molar-refractivity contribution in [2.75, 3.05) is 6.61 Å². The van der Waals surface area contributed by atoms with Crippen molar-refractivity contribution in [3.05, 3.63) is 83.6 Å². The number of Topliss-reactive ketones (excluding diaryl/α,β-unsaturated/α-hetero) is 1. The second-order valence-corrected chi connectivity index (χ2v) is 10.0. The van der Waals surface area contributed by atoms with E-state index in [1.807, 2.05) is 41.0 Å². The normalized spacial score (nSPS) is 25.5. The standard InChI is InChI=1S/C29H30N2O7/c1-16(33)19-9-10-21-22(27(36)30-29(2)26(35)25(34)24(15-32)38-28(29)37)14-31(23(21)12-19)13-17-7-8-18-5-3-4-6-20(18)11-17/h3-12,14,24-26,28,32,34-35,37H,13,15H2,1-2H3,(H,30,36)/t24-,25-,26+,28?,29-/m1/s1. The number of aliphatic hydroxyl groups excluding tert-OH is 4. The first-order valence-corrected chi connectivity index (χ1v) is 12.4. The number of benzene rings is 3. The van der Waals surface area contributed by atoms with E-state index in [2.05, 4.69) is 11.4 Å². The van der Waals surface area contributed by atoms with Gasteiger partial charge in [0.1, 0.15) is 23.9 Å². The van der Waals surface area contributed by atoms with Gasteiger partial charge in [-0.25, -0.2) is 0 Å². The number of rotatable bonds is 6. The van der Waals surface area contributed by atoms with Gasteiger partial charge in [-0.15, -0.1) is 0 Å². The molecule has 1 saturated heterocycles. The number of ether oxygens (including phenoxy) is 1. The van der Waals surface area contributed by atoms with Crippen LogP contribution in [0, 0.1) is 0 Å². The van der Waals surface area contributed by atoms with E-state index in [-0.39, 0.29) is 11.3 Å². The van der Waals surface area contributed by atoms with Gasteiger partial charge >= 0.3 is 0 Å². The number of carbonyl (C=O) groups excluding carboxylic acids is 2. The summed E-state index contributed by atoms with van der Waals surface area (Å²) >= 11 is 0. The molecule has 0 spiro atoms. The fourth-order valence-corrected chi connectivity index (χ4v) is 5.05. The smallest absolute Gasteiger partial charge is 0.254 e. The van der Waals surface area contributed by atoms with E-state index in [0.717, 1.165) is 16.3 Å². The average Bonchev–Trinajstić information content (AvgIpc) is 3.27. The van der Waals surface area contributed by atoms with Gasteiger partial charge in [-0.2, -0.15) is 0 Å². The number of hydrogen-bond acceptors (Lipinski definition) is 7. The van der Waals surface area contributed by atoms with Crippen molar-refractivity contribution in [2.45, 2.75) is 50.5 Å². The maximum atomic E-state index is 13.5. The summed E-state index contributed by atoms with van der Waals surface area (Å²) in [6.07, 6.45) is -4.35. The van der Waals surface area contributed by atoms with Gasteiger partial charge in [0, 0.05) is 29.2 Å². The average molecular weight is 519 g/mol. The third kappa shape index (κ3) is 4.48.